The summed E-state index contributed by atoms with van der Waals surface area (Å²) in [7, 11) is 0. The Morgan fingerprint density at radius 3 is 2.68 bits per heavy atom. The number of carbonyl (C=O) groups is 1. The number of nitrogens with one attached hydrogen (secondary N) is 1. The molecule has 98 valence electrons. The number of aryl methyl sites for hydroxylation is 1. The highest BCUT2D eigenvalue weighted by atomic mass is 35.5. The lowest BCUT2D eigenvalue weighted by atomic mass is 10.1. The van der Waals surface area contributed by atoms with Gasteiger partial charge in [-0.2, -0.15) is 0 Å². The highest BCUT2D eigenvalue weighted by Gasteiger charge is 2.10. The first-order chi connectivity index (χ1) is 8.95. The second-order valence-electron chi connectivity index (χ2n) is 4.19. The number of nitrogens with two attached hydrogens (primary N) is 1. The smallest absolute Gasteiger partial charge is 0.256 e. The maximum absolute atomic E-state index is 13.2. The molecule has 0 unspecified atom stereocenters. The van der Waals surface area contributed by atoms with Crippen LogP contribution in [-0.2, 0) is 0 Å². The molecule has 0 radical (unpaired) electrons. The Bertz CT molecular complexity index is 623. The average molecular weight is 279 g/mol. The number of halogens is 2. The summed E-state index contributed by atoms with van der Waals surface area (Å²) in [5.74, 6) is -0.862. The quantitative estimate of drug-likeness (QED) is 0.824. The van der Waals surface area contributed by atoms with E-state index in [2.05, 4.69) is 5.32 Å². The van der Waals surface area contributed by atoms with Crippen LogP contribution in [0.5, 0.6) is 0 Å². The molecule has 0 heterocycles. The highest BCUT2D eigenvalue weighted by Crippen LogP contribution is 2.20. The number of amides is 1. The number of carbonyl (C=O) groups excluding carboxylic acids is 1. The predicted octanol–water partition coefficient (Wildman–Crippen LogP) is 3.62. The lowest BCUT2D eigenvalue weighted by Gasteiger charge is -2.09. The summed E-state index contributed by atoms with van der Waals surface area (Å²) >= 11 is 5.72. The lowest BCUT2D eigenvalue weighted by Crippen LogP contribution is -2.14. The van der Waals surface area contributed by atoms with Crippen LogP contribution in [0.15, 0.2) is 36.4 Å². The minimum atomic E-state index is -0.507. The van der Waals surface area contributed by atoms with Crippen molar-refractivity contribution in [2.45, 2.75) is 6.92 Å². The monoisotopic (exact) mass is 278 g/mol. The second kappa shape index (κ2) is 5.28. The maximum Gasteiger partial charge on any atom is 0.256 e. The van der Waals surface area contributed by atoms with E-state index in [0.29, 0.717) is 16.9 Å². The van der Waals surface area contributed by atoms with Gasteiger partial charge in [0.25, 0.3) is 5.91 Å². The molecule has 0 aliphatic carbocycles. The van der Waals surface area contributed by atoms with Crippen LogP contribution < -0.4 is 11.1 Å². The fourth-order valence-corrected chi connectivity index (χ4v) is 1.93. The van der Waals surface area contributed by atoms with E-state index in [-0.39, 0.29) is 10.9 Å². The zero-order valence-electron chi connectivity index (χ0n) is 10.2. The van der Waals surface area contributed by atoms with Crippen molar-refractivity contribution in [2.75, 3.05) is 11.1 Å². The molecule has 3 N–H and O–H groups in total. The molecule has 0 saturated heterocycles. The normalized spacial score (nSPS) is 10.3. The van der Waals surface area contributed by atoms with Crippen LogP contribution in [0, 0.1) is 12.7 Å². The molecule has 1 amide bonds. The Hall–Kier alpha value is -2.07. The van der Waals surface area contributed by atoms with Gasteiger partial charge in [0.15, 0.2) is 0 Å². The molecule has 0 fully saturated rings. The van der Waals surface area contributed by atoms with Crippen molar-refractivity contribution in [3.8, 4) is 0 Å². The van der Waals surface area contributed by atoms with Crippen molar-refractivity contribution in [3.05, 3.63) is 58.4 Å². The van der Waals surface area contributed by atoms with Gasteiger partial charge < -0.3 is 11.1 Å². The number of benzene rings is 2. The molecule has 0 aliphatic rings. The molecule has 0 aromatic heterocycles. The van der Waals surface area contributed by atoms with Gasteiger partial charge >= 0.3 is 0 Å². The van der Waals surface area contributed by atoms with Gasteiger partial charge in [0, 0.05) is 22.0 Å². The minimum absolute atomic E-state index is 0.222. The molecule has 0 bridgehead atoms. The first-order valence-electron chi connectivity index (χ1n) is 5.59. The molecule has 0 saturated carbocycles. The molecule has 0 aliphatic heterocycles. The van der Waals surface area contributed by atoms with Crippen molar-refractivity contribution in [1.82, 2.24) is 0 Å². The third-order valence-electron chi connectivity index (χ3n) is 2.63. The van der Waals surface area contributed by atoms with Crippen molar-refractivity contribution in [3.63, 3.8) is 0 Å². The van der Waals surface area contributed by atoms with E-state index >= 15 is 0 Å². The van der Waals surface area contributed by atoms with E-state index in [1.54, 1.807) is 25.1 Å². The Balaban J connectivity index is 2.28. The van der Waals surface area contributed by atoms with Crippen LogP contribution in [0.4, 0.5) is 15.8 Å². The van der Waals surface area contributed by atoms with E-state index in [9.17, 15) is 9.18 Å². The first-order valence-corrected chi connectivity index (χ1v) is 5.97. The zero-order chi connectivity index (χ0) is 14.0. The molecule has 2 rings (SSSR count). The fourth-order valence-electron chi connectivity index (χ4n) is 1.71. The Morgan fingerprint density at radius 1 is 1.26 bits per heavy atom. The lowest BCUT2D eigenvalue weighted by molar-refractivity contribution is 0.102. The van der Waals surface area contributed by atoms with Crippen LogP contribution in [0.2, 0.25) is 5.02 Å². The maximum atomic E-state index is 13.2. The van der Waals surface area contributed by atoms with E-state index in [1.807, 2.05) is 0 Å². The largest absolute Gasteiger partial charge is 0.399 e. The van der Waals surface area contributed by atoms with Gasteiger partial charge in [-0.1, -0.05) is 17.7 Å². The number of nitrogen functional groups attached to an aromatic ring is 1. The van der Waals surface area contributed by atoms with Crippen molar-refractivity contribution < 1.29 is 9.18 Å². The van der Waals surface area contributed by atoms with E-state index in [1.165, 1.54) is 18.2 Å². The van der Waals surface area contributed by atoms with Gasteiger partial charge in [-0.15, -0.1) is 0 Å². The molecule has 0 atom stereocenters. The van der Waals surface area contributed by atoms with E-state index in [0.717, 1.165) is 5.56 Å². The van der Waals surface area contributed by atoms with E-state index < -0.39 is 5.82 Å². The number of anilines is 2. The number of hydrogen-bond donors (Lipinski definition) is 2. The number of hydrogen-bond acceptors (Lipinski definition) is 2. The topological polar surface area (TPSA) is 55.1 Å². The van der Waals surface area contributed by atoms with Gasteiger partial charge in [0.2, 0.25) is 0 Å². The summed E-state index contributed by atoms with van der Waals surface area (Å²) in [4.78, 5) is 12.1. The summed E-state index contributed by atoms with van der Waals surface area (Å²) in [5.41, 5.74) is 7.67. The van der Waals surface area contributed by atoms with Crippen LogP contribution in [0.1, 0.15) is 15.9 Å². The summed E-state index contributed by atoms with van der Waals surface area (Å²) < 4.78 is 13.2. The molecule has 2 aromatic rings. The zero-order valence-corrected chi connectivity index (χ0v) is 11.0. The van der Waals surface area contributed by atoms with Crippen LogP contribution in [0.25, 0.3) is 0 Å². The van der Waals surface area contributed by atoms with Gasteiger partial charge in [-0.3, -0.25) is 4.79 Å². The molecule has 0 spiro atoms. The molecular weight excluding hydrogens is 267 g/mol. The summed E-state index contributed by atoms with van der Waals surface area (Å²) in [6.45, 7) is 1.80. The van der Waals surface area contributed by atoms with Crippen molar-refractivity contribution in [2.24, 2.45) is 0 Å². The third-order valence-corrected chi connectivity index (χ3v) is 2.84. The molecule has 3 nitrogen and oxygen atoms in total. The fraction of sp³-hybridized carbons (Fsp3) is 0.0714. The number of rotatable bonds is 2. The molecule has 2 aromatic carbocycles. The standard InChI is InChI=1S/C14H12ClFN2O/c1-8-2-3-11(17)7-13(8)14(19)18-12-5-9(15)4-10(16)6-12/h2-7H,17H2,1H3,(H,18,19). The Labute approximate surface area is 115 Å². The predicted molar refractivity (Wildman–Crippen MR) is 75.0 cm³/mol. The highest BCUT2D eigenvalue weighted by molar-refractivity contribution is 6.31. The van der Waals surface area contributed by atoms with Crippen LogP contribution >= 0.6 is 11.6 Å². The molecule has 19 heavy (non-hydrogen) atoms. The van der Waals surface area contributed by atoms with E-state index in [4.69, 9.17) is 17.3 Å². The van der Waals surface area contributed by atoms with Gasteiger partial charge in [-0.05, 0) is 42.8 Å². The summed E-state index contributed by atoms with van der Waals surface area (Å²) in [6, 6.07) is 8.89. The molecule has 5 heteroatoms. The molecular formula is C14H12ClFN2O. The SMILES string of the molecule is Cc1ccc(N)cc1C(=O)Nc1cc(F)cc(Cl)c1. The van der Waals surface area contributed by atoms with Gasteiger partial charge in [0.1, 0.15) is 5.82 Å². The minimum Gasteiger partial charge on any atom is -0.399 e. The van der Waals surface area contributed by atoms with Crippen LogP contribution in [-0.4, -0.2) is 5.91 Å². The summed E-state index contributed by atoms with van der Waals surface area (Å²) in [5, 5.41) is 2.81. The first kappa shape index (κ1) is 13.4. The third kappa shape index (κ3) is 3.23. The van der Waals surface area contributed by atoms with Crippen LogP contribution in [0.3, 0.4) is 0 Å². The Kier molecular flexibility index (Phi) is 3.71. The van der Waals surface area contributed by atoms with Gasteiger partial charge in [-0.25, -0.2) is 4.39 Å². The Morgan fingerprint density at radius 2 is 2.00 bits per heavy atom. The van der Waals surface area contributed by atoms with Crippen molar-refractivity contribution in [1.29, 1.82) is 0 Å². The second-order valence-corrected chi connectivity index (χ2v) is 4.62. The van der Waals surface area contributed by atoms with Gasteiger partial charge in [0.05, 0.1) is 0 Å². The summed E-state index contributed by atoms with van der Waals surface area (Å²) in [6.07, 6.45) is 0. The van der Waals surface area contributed by atoms with Crippen molar-refractivity contribution >= 4 is 28.9 Å². The average Bonchev–Trinajstić information content (AvgIpc) is 2.30.